The van der Waals surface area contributed by atoms with Crippen molar-refractivity contribution in [3.63, 3.8) is 0 Å². The maximum absolute atomic E-state index is 6.10. The molecule has 4 heteroatoms. The molecule has 2 nitrogen and oxygen atoms in total. The third kappa shape index (κ3) is 2.26. The molecule has 0 fully saturated rings. The fourth-order valence-electron chi connectivity index (χ4n) is 1.97. The van der Waals surface area contributed by atoms with Gasteiger partial charge in [0.1, 0.15) is 5.75 Å². The summed E-state index contributed by atoms with van der Waals surface area (Å²) in [6.07, 6.45) is 0. The minimum absolute atomic E-state index is 0.711. The third-order valence-electron chi connectivity index (χ3n) is 2.67. The van der Waals surface area contributed by atoms with Crippen LogP contribution in [0.3, 0.4) is 0 Å². The van der Waals surface area contributed by atoms with E-state index >= 15 is 0 Å². The lowest BCUT2D eigenvalue weighted by Crippen LogP contribution is -1.91. The molecule has 0 saturated heterocycles. The highest BCUT2D eigenvalue weighted by Crippen LogP contribution is 2.40. The minimum Gasteiger partial charge on any atom is -0.496 e. The quantitative estimate of drug-likeness (QED) is 0.882. The smallest absolute Gasteiger partial charge is 0.129 e. The maximum Gasteiger partial charge on any atom is 0.129 e. The van der Waals surface area contributed by atoms with E-state index in [2.05, 4.69) is 0 Å². The average Bonchev–Trinajstić information content (AvgIpc) is 2.56. The lowest BCUT2D eigenvalue weighted by atomic mass is 10.0. The maximum atomic E-state index is 6.10. The Morgan fingerprint density at radius 1 is 1.18 bits per heavy atom. The fraction of sp³-hybridized carbons (Fsp3) is 0.231. The van der Waals surface area contributed by atoms with Crippen LogP contribution in [0.15, 0.2) is 18.2 Å². The molecule has 2 aromatic rings. The van der Waals surface area contributed by atoms with Gasteiger partial charge in [-0.1, -0.05) is 11.6 Å². The van der Waals surface area contributed by atoms with E-state index in [4.69, 9.17) is 22.1 Å². The van der Waals surface area contributed by atoms with Gasteiger partial charge in [0.25, 0.3) is 0 Å². The summed E-state index contributed by atoms with van der Waals surface area (Å²) in [7, 11) is 1.67. The molecule has 1 heterocycles. The molecule has 0 spiro atoms. The molecular formula is C13H14ClNOS. The third-order valence-corrected chi connectivity index (χ3v) is 3.77. The van der Waals surface area contributed by atoms with Gasteiger partial charge in [0.2, 0.25) is 0 Å². The van der Waals surface area contributed by atoms with Gasteiger partial charge in [-0.2, -0.15) is 0 Å². The van der Waals surface area contributed by atoms with Crippen LogP contribution in [0, 0.1) is 13.8 Å². The first-order valence-corrected chi connectivity index (χ1v) is 6.42. The van der Waals surface area contributed by atoms with Crippen LogP contribution in [0.1, 0.15) is 10.4 Å². The molecule has 0 aliphatic heterocycles. The molecule has 17 heavy (non-hydrogen) atoms. The van der Waals surface area contributed by atoms with Crippen LogP contribution < -0.4 is 10.5 Å². The normalized spacial score (nSPS) is 10.6. The highest BCUT2D eigenvalue weighted by molar-refractivity contribution is 7.16. The molecule has 1 aromatic carbocycles. The number of nitrogen functional groups attached to an aromatic ring is 1. The second kappa shape index (κ2) is 4.59. The Kier molecular flexibility index (Phi) is 3.31. The zero-order chi connectivity index (χ0) is 12.6. The van der Waals surface area contributed by atoms with Crippen molar-refractivity contribution in [3.05, 3.63) is 33.7 Å². The molecular weight excluding hydrogens is 254 g/mol. The predicted molar refractivity (Wildman–Crippen MR) is 75.2 cm³/mol. The standard InChI is InChI=1S/C13H14ClNOS/c1-7-4-9(14)5-11(13(7)16-3)10-6-12(15)17-8(10)2/h4-6H,15H2,1-3H3. The first-order valence-electron chi connectivity index (χ1n) is 5.23. The fourth-order valence-corrected chi connectivity index (χ4v) is 3.06. The van der Waals surface area contributed by atoms with Crippen molar-refractivity contribution < 1.29 is 4.74 Å². The average molecular weight is 268 g/mol. The predicted octanol–water partition coefficient (Wildman–Crippen LogP) is 4.28. The zero-order valence-electron chi connectivity index (χ0n) is 10.0. The number of nitrogens with two attached hydrogens (primary N) is 1. The molecule has 0 saturated carbocycles. The van der Waals surface area contributed by atoms with E-state index < -0.39 is 0 Å². The Morgan fingerprint density at radius 3 is 2.41 bits per heavy atom. The van der Waals surface area contributed by atoms with Gasteiger partial charge >= 0.3 is 0 Å². The van der Waals surface area contributed by atoms with E-state index in [1.54, 1.807) is 18.4 Å². The molecule has 0 radical (unpaired) electrons. The lowest BCUT2D eigenvalue weighted by molar-refractivity contribution is 0.413. The number of hydrogen-bond acceptors (Lipinski definition) is 3. The highest BCUT2D eigenvalue weighted by Gasteiger charge is 2.14. The van der Waals surface area contributed by atoms with Crippen molar-refractivity contribution in [2.45, 2.75) is 13.8 Å². The number of aryl methyl sites for hydroxylation is 2. The summed E-state index contributed by atoms with van der Waals surface area (Å²) in [6, 6.07) is 5.78. The number of rotatable bonds is 2. The first kappa shape index (κ1) is 12.3. The lowest BCUT2D eigenvalue weighted by Gasteiger charge is -2.12. The van der Waals surface area contributed by atoms with E-state index in [1.807, 2.05) is 32.0 Å². The van der Waals surface area contributed by atoms with Gasteiger partial charge in [0, 0.05) is 21.0 Å². The van der Waals surface area contributed by atoms with E-state index in [1.165, 1.54) is 4.88 Å². The summed E-state index contributed by atoms with van der Waals surface area (Å²) in [5.41, 5.74) is 8.95. The zero-order valence-corrected chi connectivity index (χ0v) is 11.6. The number of anilines is 1. The number of thiophene rings is 1. The second-order valence-corrected chi connectivity index (χ2v) is 5.65. The van der Waals surface area contributed by atoms with Gasteiger partial charge < -0.3 is 10.5 Å². The van der Waals surface area contributed by atoms with E-state index in [9.17, 15) is 0 Å². The molecule has 0 aliphatic carbocycles. The molecule has 90 valence electrons. The molecule has 2 rings (SSSR count). The van der Waals surface area contributed by atoms with Crippen LogP contribution in [0.5, 0.6) is 5.75 Å². The monoisotopic (exact) mass is 267 g/mol. The van der Waals surface area contributed by atoms with Crippen molar-refractivity contribution in [2.24, 2.45) is 0 Å². The van der Waals surface area contributed by atoms with Crippen molar-refractivity contribution in [1.82, 2.24) is 0 Å². The number of halogens is 1. The van der Waals surface area contributed by atoms with Gasteiger partial charge in [0.15, 0.2) is 0 Å². The summed E-state index contributed by atoms with van der Waals surface area (Å²) in [6.45, 7) is 4.03. The Bertz CT molecular complexity index is 563. The van der Waals surface area contributed by atoms with Gasteiger partial charge in [-0.25, -0.2) is 0 Å². The number of benzene rings is 1. The number of methoxy groups -OCH3 is 1. The second-order valence-electron chi connectivity index (χ2n) is 3.92. The van der Waals surface area contributed by atoms with Crippen molar-refractivity contribution >= 4 is 27.9 Å². The summed E-state index contributed by atoms with van der Waals surface area (Å²) in [5.74, 6) is 0.857. The summed E-state index contributed by atoms with van der Waals surface area (Å²) < 4.78 is 5.45. The topological polar surface area (TPSA) is 35.2 Å². The molecule has 0 bridgehead atoms. The molecule has 0 amide bonds. The summed E-state index contributed by atoms with van der Waals surface area (Å²) in [5, 5.41) is 1.51. The molecule has 0 aliphatic rings. The van der Waals surface area contributed by atoms with E-state index in [0.717, 1.165) is 27.4 Å². The van der Waals surface area contributed by atoms with Crippen LogP contribution in [0.4, 0.5) is 5.00 Å². The molecule has 1 aromatic heterocycles. The van der Waals surface area contributed by atoms with Gasteiger partial charge in [0.05, 0.1) is 12.1 Å². The highest BCUT2D eigenvalue weighted by atomic mass is 35.5. The van der Waals surface area contributed by atoms with Crippen LogP contribution in [-0.4, -0.2) is 7.11 Å². The van der Waals surface area contributed by atoms with E-state index in [-0.39, 0.29) is 0 Å². The molecule has 0 atom stereocenters. The number of hydrogen-bond donors (Lipinski definition) is 1. The SMILES string of the molecule is COc1c(C)cc(Cl)cc1-c1cc(N)sc1C. The van der Waals surface area contributed by atoms with Crippen LogP contribution in [0.2, 0.25) is 5.02 Å². The van der Waals surface area contributed by atoms with Crippen molar-refractivity contribution in [3.8, 4) is 16.9 Å². The molecule has 2 N–H and O–H groups in total. The first-order chi connectivity index (χ1) is 8.02. The largest absolute Gasteiger partial charge is 0.496 e. The Hall–Kier alpha value is -1.19. The Balaban J connectivity index is 2.69. The van der Waals surface area contributed by atoms with Crippen molar-refractivity contribution in [1.29, 1.82) is 0 Å². The number of ether oxygens (including phenoxy) is 1. The van der Waals surface area contributed by atoms with Gasteiger partial charge in [-0.15, -0.1) is 11.3 Å². The minimum atomic E-state index is 0.711. The van der Waals surface area contributed by atoms with Gasteiger partial charge in [-0.3, -0.25) is 0 Å². The molecule has 0 unspecified atom stereocenters. The Labute approximate surface area is 110 Å². The van der Waals surface area contributed by atoms with Crippen molar-refractivity contribution in [2.75, 3.05) is 12.8 Å². The van der Waals surface area contributed by atoms with Crippen LogP contribution in [-0.2, 0) is 0 Å². The van der Waals surface area contributed by atoms with E-state index in [0.29, 0.717) is 5.02 Å². The van der Waals surface area contributed by atoms with Crippen LogP contribution >= 0.6 is 22.9 Å². The Morgan fingerprint density at radius 2 is 1.88 bits per heavy atom. The summed E-state index contributed by atoms with van der Waals surface area (Å²) in [4.78, 5) is 1.17. The van der Waals surface area contributed by atoms with Crippen LogP contribution in [0.25, 0.3) is 11.1 Å². The summed E-state index contributed by atoms with van der Waals surface area (Å²) >= 11 is 7.68. The van der Waals surface area contributed by atoms with Gasteiger partial charge in [-0.05, 0) is 37.6 Å².